The molecule has 0 bridgehead atoms. The minimum Gasteiger partial charge on any atom is -0.374 e. The minimum atomic E-state index is -4.78. The first kappa shape index (κ1) is 50.2. The number of carbonyl (C=O) groups excluding carboxylic acids is 4. The number of likely N-dealkylation sites (tertiary alicyclic amines) is 2. The van der Waals surface area contributed by atoms with Crippen LogP contribution >= 0.6 is 11.3 Å². The number of nitrogens with one attached hydrogen (secondary N) is 3. The van der Waals surface area contributed by atoms with Gasteiger partial charge in [-0.25, -0.2) is 4.98 Å². The number of anilines is 1. The summed E-state index contributed by atoms with van der Waals surface area (Å²) in [4.78, 5) is 63.2. The maximum absolute atomic E-state index is 13.6. The smallest absolute Gasteiger partial charge is 0.374 e. The Bertz CT molecular complexity index is 2800. The van der Waals surface area contributed by atoms with Gasteiger partial charge in [-0.05, 0) is 93.8 Å². The molecule has 9 rings (SSSR count). The van der Waals surface area contributed by atoms with Gasteiger partial charge in [0.05, 0.1) is 11.4 Å². The first-order valence-electron chi connectivity index (χ1n) is 24.8. The number of imide groups is 1. The molecule has 72 heavy (non-hydrogen) atoms. The molecule has 3 aromatic carbocycles. The molecule has 0 saturated carbocycles. The van der Waals surface area contributed by atoms with Crippen molar-refractivity contribution < 1.29 is 36.9 Å². The Hall–Kier alpha value is -6.80. The van der Waals surface area contributed by atoms with Crippen molar-refractivity contribution in [3.8, 4) is 22.6 Å². The van der Waals surface area contributed by atoms with Crippen LogP contribution in [-0.2, 0) is 38.9 Å². The molecule has 6 aromatic rings. The zero-order valence-corrected chi connectivity index (χ0v) is 40.7. The SMILES string of the molecule is O=C1CCC(Nc2ccc(C3CCN(C(=O)CCCCCCn4cc(CCN5CCC(CNC(=O)c6cccc(-c7noc(C(F)(F)F)n7)c6)(c6nc(-c7ccccc7)cs6)CC5)nn4)CC3)cc2)C(=O)N1. The topological polar surface area (TPSA) is 193 Å². The van der Waals surface area contributed by atoms with E-state index in [1.165, 1.54) is 17.7 Å². The van der Waals surface area contributed by atoms with Crippen LogP contribution in [0.4, 0.5) is 18.9 Å². The maximum atomic E-state index is 13.6. The number of piperidine rings is 3. The summed E-state index contributed by atoms with van der Waals surface area (Å²) >= 11 is 1.58. The molecule has 3 saturated heterocycles. The average molecular weight is 1010 g/mol. The lowest BCUT2D eigenvalue weighted by molar-refractivity contribution is -0.159. The van der Waals surface area contributed by atoms with E-state index in [-0.39, 0.29) is 40.6 Å². The van der Waals surface area contributed by atoms with Crippen molar-refractivity contribution in [2.45, 2.75) is 107 Å². The number of aromatic nitrogens is 6. The van der Waals surface area contributed by atoms with Crippen molar-refractivity contribution in [1.29, 1.82) is 0 Å². The predicted molar refractivity (Wildman–Crippen MR) is 264 cm³/mol. The molecule has 6 heterocycles. The molecule has 16 nitrogen and oxygen atoms in total. The number of rotatable bonds is 19. The quantitative estimate of drug-likeness (QED) is 0.0523. The van der Waals surface area contributed by atoms with Crippen LogP contribution in [0.25, 0.3) is 22.6 Å². The lowest BCUT2D eigenvalue weighted by atomic mass is 9.78. The lowest BCUT2D eigenvalue weighted by Crippen LogP contribution is -2.49. The fraction of sp³-hybridized carbons (Fsp3) is 0.442. The summed E-state index contributed by atoms with van der Waals surface area (Å²) in [6, 6.07) is 23.9. The third-order valence-electron chi connectivity index (χ3n) is 14.1. The molecule has 0 aliphatic carbocycles. The van der Waals surface area contributed by atoms with Crippen LogP contribution in [0.15, 0.2) is 95.0 Å². The number of hydrogen-bond acceptors (Lipinski definition) is 13. The second kappa shape index (κ2) is 22.7. The van der Waals surface area contributed by atoms with Gasteiger partial charge in [0.2, 0.25) is 23.5 Å². The summed E-state index contributed by atoms with van der Waals surface area (Å²) in [7, 11) is 0. The van der Waals surface area contributed by atoms with Crippen LogP contribution in [-0.4, -0.2) is 109 Å². The van der Waals surface area contributed by atoms with E-state index in [2.05, 4.69) is 63.3 Å². The van der Waals surface area contributed by atoms with Crippen molar-refractivity contribution in [2.24, 2.45) is 0 Å². The number of halogens is 3. The number of amides is 4. The highest BCUT2D eigenvalue weighted by molar-refractivity contribution is 7.10. The summed E-state index contributed by atoms with van der Waals surface area (Å²) in [6.07, 6.45) is 6.48. The van der Waals surface area contributed by atoms with E-state index in [1.807, 2.05) is 58.2 Å². The van der Waals surface area contributed by atoms with Crippen molar-refractivity contribution >= 4 is 40.7 Å². The summed E-state index contributed by atoms with van der Waals surface area (Å²) in [5, 5.41) is 24.0. The van der Waals surface area contributed by atoms with Crippen molar-refractivity contribution in [3.63, 3.8) is 0 Å². The van der Waals surface area contributed by atoms with Crippen molar-refractivity contribution in [3.05, 3.63) is 118 Å². The Morgan fingerprint density at radius 2 is 1.62 bits per heavy atom. The monoisotopic (exact) mass is 1010 g/mol. The second-order valence-electron chi connectivity index (χ2n) is 19.0. The average Bonchev–Trinajstić information content (AvgIpc) is 4.21. The highest BCUT2D eigenvalue weighted by Gasteiger charge is 2.40. The maximum Gasteiger partial charge on any atom is 0.471 e. The number of benzene rings is 3. The van der Waals surface area contributed by atoms with E-state index in [0.29, 0.717) is 31.7 Å². The Kier molecular flexibility index (Phi) is 15.8. The molecular formula is C52H58F3N11O5S. The van der Waals surface area contributed by atoms with Gasteiger partial charge < -0.3 is 25.0 Å². The minimum absolute atomic E-state index is 0.225. The number of carbonyl (C=O) groups is 4. The first-order valence-corrected chi connectivity index (χ1v) is 25.7. The highest BCUT2D eigenvalue weighted by atomic mass is 32.1. The zero-order valence-electron chi connectivity index (χ0n) is 39.9. The van der Waals surface area contributed by atoms with Crippen LogP contribution in [0.5, 0.6) is 0 Å². The van der Waals surface area contributed by atoms with Gasteiger partial charge in [0.1, 0.15) is 11.0 Å². The molecule has 3 N–H and O–H groups in total. The number of thiazole rings is 1. The third kappa shape index (κ3) is 12.6. The first-order chi connectivity index (χ1) is 34.9. The fourth-order valence-corrected chi connectivity index (χ4v) is 10.9. The number of aryl methyl sites for hydroxylation is 1. The number of hydrogen-bond donors (Lipinski definition) is 3. The van der Waals surface area contributed by atoms with Gasteiger partial charge >= 0.3 is 12.1 Å². The Morgan fingerprint density at radius 3 is 2.38 bits per heavy atom. The van der Waals surface area contributed by atoms with Crippen molar-refractivity contribution in [2.75, 3.05) is 44.6 Å². The zero-order chi connectivity index (χ0) is 50.1. The molecular weight excluding hydrogens is 948 g/mol. The standard InChI is InChI=1S/C52H58F3N11O5S/c53-52(54,55)49-60-46(62-71-49)38-11-8-12-39(31-38)47(69)56-34-51(50-58-43(33-72-50)37-9-4-3-5-10-37)23-29-64(30-24-51)26-22-41-32-66(63-61-41)25-7-2-1-6-13-45(68)65-27-20-36(21-28-65)35-14-16-40(17-15-35)57-42-18-19-44(67)59-48(42)70/h3-5,8-12,14-17,31-33,36,42,57H,1-2,6-7,13,18-30,34H2,(H,56,69)(H,59,67,70). The largest absolute Gasteiger partial charge is 0.471 e. The van der Waals surface area contributed by atoms with E-state index < -0.39 is 23.5 Å². The molecule has 378 valence electrons. The molecule has 0 radical (unpaired) electrons. The Morgan fingerprint density at radius 1 is 0.861 bits per heavy atom. The summed E-state index contributed by atoms with van der Waals surface area (Å²) in [5.41, 5.74) is 4.95. The molecule has 3 aromatic heterocycles. The number of nitrogens with zero attached hydrogens (tertiary/aromatic N) is 8. The fourth-order valence-electron chi connectivity index (χ4n) is 9.78. The van der Waals surface area contributed by atoms with Gasteiger partial charge in [-0.3, -0.25) is 29.2 Å². The summed E-state index contributed by atoms with van der Waals surface area (Å²) < 4.78 is 45.7. The van der Waals surface area contributed by atoms with E-state index in [4.69, 9.17) is 4.98 Å². The number of alkyl halides is 3. The van der Waals surface area contributed by atoms with Gasteiger partial charge in [-0.1, -0.05) is 77.8 Å². The van der Waals surface area contributed by atoms with Crippen LogP contribution in [0.1, 0.15) is 109 Å². The van der Waals surface area contributed by atoms with Gasteiger partial charge in [0.25, 0.3) is 5.91 Å². The van der Waals surface area contributed by atoms with E-state index in [0.717, 1.165) is 125 Å². The van der Waals surface area contributed by atoms with Gasteiger partial charge in [0.15, 0.2) is 0 Å². The lowest BCUT2D eigenvalue weighted by Gasteiger charge is -2.40. The van der Waals surface area contributed by atoms with Crippen molar-refractivity contribution in [1.82, 2.24) is 50.6 Å². The van der Waals surface area contributed by atoms with E-state index >= 15 is 0 Å². The molecule has 3 fully saturated rings. The van der Waals surface area contributed by atoms with Gasteiger partial charge in [-0.15, -0.1) is 16.4 Å². The van der Waals surface area contributed by atoms with E-state index in [9.17, 15) is 32.3 Å². The van der Waals surface area contributed by atoms with Gasteiger partial charge in [-0.2, -0.15) is 18.2 Å². The molecule has 1 unspecified atom stereocenters. The molecule has 4 amide bonds. The molecule has 1 atom stereocenters. The second-order valence-corrected chi connectivity index (χ2v) is 19.9. The van der Waals surface area contributed by atoms with E-state index in [1.54, 1.807) is 23.5 Å². The van der Waals surface area contributed by atoms with Gasteiger partial charge in [0, 0.05) is 91.4 Å². The summed E-state index contributed by atoms with van der Waals surface area (Å²) in [6.45, 7) is 4.96. The van der Waals surface area contributed by atoms with Crippen LogP contribution in [0, 0.1) is 0 Å². The van der Waals surface area contributed by atoms with Crippen LogP contribution < -0.4 is 16.0 Å². The molecule has 3 aliphatic rings. The summed E-state index contributed by atoms with van der Waals surface area (Å²) in [5.74, 6) is -1.98. The predicted octanol–water partition coefficient (Wildman–Crippen LogP) is 8.05. The van der Waals surface area contributed by atoms with Crippen LogP contribution in [0.2, 0.25) is 0 Å². The normalized spacial score (nSPS) is 17.7. The van der Waals surface area contributed by atoms with Crippen LogP contribution in [0.3, 0.4) is 0 Å². The Labute approximate surface area is 419 Å². The molecule has 20 heteroatoms. The molecule has 3 aliphatic heterocycles. The third-order valence-corrected chi connectivity index (χ3v) is 15.2. The number of unbranched alkanes of at least 4 members (excludes halogenated alkanes) is 3. The highest BCUT2D eigenvalue weighted by Crippen LogP contribution is 2.39. The molecule has 0 spiro atoms. The Balaban J connectivity index is 0.690.